The largest absolute Gasteiger partial charge is 0.481 e. The number of aliphatic carboxylic acids is 2. The van der Waals surface area contributed by atoms with E-state index >= 15 is 0 Å². The molecule has 15 heteroatoms. The van der Waals surface area contributed by atoms with Crippen molar-refractivity contribution in [3.8, 4) is 0 Å². The van der Waals surface area contributed by atoms with Crippen LogP contribution in [-0.4, -0.2) is 82.3 Å². The summed E-state index contributed by atoms with van der Waals surface area (Å²) in [5.74, 6) is -6.65. The molecule has 1 aromatic rings. The third-order valence-corrected chi connectivity index (χ3v) is 6.76. The van der Waals surface area contributed by atoms with Crippen LogP contribution in [0.3, 0.4) is 0 Å². The number of carbonyl (C=O) groups excluding carboxylic acids is 4. The molecule has 5 atom stereocenters. The predicted molar refractivity (Wildman–Crippen MR) is 162 cm³/mol. The lowest BCUT2D eigenvalue weighted by atomic mass is 9.92. The van der Waals surface area contributed by atoms with E-state index < -0.39 is 71.9 Å². The number of guanidine groups is 1. The number of nitrogens with two attached hydrogens (primary N) is 3. The maximum Gasteiger partial charge on any atom is 0.307 e. The van der Waals surface area contributed by atoms with Crippen LogP contribution in [-0.2, 0) is 35.2 Å². The zero-order valence-corrected chi connectivity index (χ0v) is 25.2. The molecule has 0 saturated heterocycles. The lowest BCUT2D eigenvalue weighted by Crippen LogP contribution is -2.57. The lowest BCUT2D eigenvalue weighted by molar-refractivity contribution is -0.144. The van der Waals surface area contributed by atoms with Crippen molar-refractivity contribution in [1.29, 1.82) is 0 Å². The molecular weight excluding hydrogens is 574 g/mol. The predicted octanol–water partition coefficient (Wildman–Crippen LogP) is -0.591. The van der Waals surface area contributed by atoms with Gasteiger partial charge in [-0.25, -0.2) is 0 Å². The van der Waals surface area contributed by atoms with Crippen molar-refractivity contribution < 1.29 is 39.0 Å². The van der Waals surface area contributed by atoms with E-state index in [2.05, 4.69) is 20.9 Å². The summed E-state index contributed by atoms with van der Waals surface area (Å²) >= 11 is 0. The van der Waals surface area contributed by atoms with Crippen molar-refractivity contribution in [2.75, 3.05) is 6.54 Å². The van der Waals surface area contributed by atoms with Gasteiger partial charge in [-0.05, 0) is 38.2 Å². The molecule has 0 aromatic heterocycles. The van der Waals surface area contributed by atoms with Gasteiger partial charge in [0.25, 0.3) is 0 Å². The molecule has 0 bridgehead atoms. The smallest absolute Gasteiger partial charge is 0.307 e. The minimum atomic E-state index is -1.58. The molecule has 0 unspecified atom stereocenters. The summed E-state index contributed by atoms with van der Waals surface area (Å²) in [5.41, 5.74) is 17.2. The number of rotatable bonds is 21. The standard InChI is InChI=1S/C29H45N7O8/c1-3-4-12-21(35-25(40)20(30)11-8-13-33-29(31)32)26(41)36-22(16-24(38)39)27(42)34-17(2)23(37)15-19(28(43)44)14-18-9-6-5-7-10-18/h5-7,9-10,17,19-22H,3-4,8,11-16,30H2,1-2H3,(H,34,42)(H,35,40)(H,36,41)(H,38,39)(H,43,44)(H4,31,32,33)/t17-,19-,20-,21-,22-/m0/s1. The second-order valence-corrected chi connectivity index (χ2v) is 10.5. The number of benzene rings is 1. The highest BCUT2D eigenvalue weighted by molar-refractivity contribution is 5.97. The van der Waals surface area contributed by atoms with Crippen molar-refractivity contribution >= 4 is 41.4 Å². The molecule has 0 aliphatic heterocycles. The number of carboxylic acid groups (broad SMARTS) is 2. The molecule has 11 N–H and O–H groups in total. The first-order valence-electron chi connectivity index (χ1n) is 14.5. The number of carbonyl (C=O) groups is 6. The minimum absolute atomic E-state index is 0.0921. The molecule has 244 valence electrons. The molecule has 0 spiro atoms. The van der Waals surface area contributed by atoms with Gasteiger partial charge in [0.2, 0.25) is 17.7 Å². The Morgan fingerprint density at radius 1 is 0.841 bits per heavy atom. The first-order chi connectivity index (χ1) is 20.7. The zero-order chi connectivity index (χ0) is 33.2. The second-order valence-electron chi connectivity index (χ2n) is 10.5. The Morgan fingerprint density at radius 2 is 1.45 bits per heavy atom. The van der Waals surface area contributed by atoms with Gasteiger partial charge in [-0.3, -0.25) is 33.8 Å². The number of nitrogens with one attached hydrogen (secondary N) is 3. The van der Waals surface area contributed by atoms with E-state index in [0.717, 1.165) is 5.56 Å². The molecule has 44 heavy (non-hydrogen) atoms. The van der Waals surface area contributed by atoms with Crippen molar-refractivity contribution in [2.45, 2.75) is 89.4 Å². The Hall–Kier alpha value is -4.53. The Bertz CT molecular complexity index is 1160. The normalized spacial score (nSPS) is 14.2. The second kappa shape index (κ2) is 19.6. The van der Waals surface area contributed by atoms with E-state index in [1.54, 1.807) is 30.3 Å². The molecule has 15 nitrogen and oxygen atoms in total. The third kappa shape index (κ3) is 14.6. The maximum absolute atomic E-state index is 13.1. The minimum Gasteiger partial charge on any atom is -0.481 e. The number of ketones is 1. The summed E-state index contributed by atoms with van der Waals surface area (Å²) < 4.78 is 0. The van der Waals surface area contributed by atoms with Gasteiger partial charge < -0.3 is 43.4 Å². The number of amides is 3. The summed E-state index contributed by atoms with van der Waals surface area (Å²) in [6.45, 7) is 3.49. The quantitative estimate of drug-likeness (QED) is 0.0489. The molecule has 0 saturated carbocycles. The van der Waals surface area contributed by atoms with Crippen LogP contribution >= 0.6 is 0 Å². The van der Waals surface area contributed by atoms with Crippen LogP contribution < -0.4 is 33.2 Å². The van der Waals surface area contributed by atoms with Crippen LogP contribution in [0.25, 0.3) is 0 Å². The highest BCUT2D eigenvalue weighted by atomic mass is 16.4. The van der Waals surface area contributed by atoms with E-state index in [4.69, 9.17) is 17.2 Å². The summed E-state index contributed by atoms with van der Waals surface area (Å²) in [6, 6.07) is 3.94. The summed E-state index contributed by atoms with van der Waals surface area (Å²) in [6.07, 6.45) is 0.984. The molecule has 0 aliphatic rings. The molecule has 3 amide bonds. The molecule has 0 fully saturated rings. The highest BCUT2D eigenvalue weighted by Crippen LogP contribution is 2.15. The van der Waals surface area contributed by atoms with Crippen molar-refractivity contribution in [3.63, 3.8) is 0 Å². The Labute approximate surface area is 256 Å². The van der Waals surface area contributed by atoms with Gasteiger partial charge in [0.1, 0.15) is 12.1 Å². The number of hydrogen-bond donors (Lipinski definition) is 8. The number of Topliss-reactive ketones (excluding diaryl/α,β-unsaturated/α-hetero) is 1. The third-order valence-electron chi connectivity index (χ3n) is 6.76. The topological polar surface area (TPSA) is 269 Å². The Kier molecular flexibility index (Phi) is 16.7. The van der Waals surface area contributed by atoms with Gasteiger partial charge in [-0.15, -0.1) is 0 Å². The molecule has 0 heterocycles. The van der Waals surface area contributed by atoms with Crippen LogP contribution in [0.15, 0.2) is 35.3 Å². The zero-order valence-electron chi connectivity index (χ0n) is 25.2. The van der Waals surface area contributed by atoms with E-state index in [9.17, 15) is 39.0 Å². The van der Waals surface area contributed by atoms with Gasteiger partial charge in [0, 0.05) is 13.0 Å². The fraction of sp³-hybridized carbons (Fsp3) is 0.552. The van der Waals surface area contributed by atoms with Gasteiger partial charge in [0.15, 0.2) is 11.7 Å². The number of nitrogens with zero attached hydrogens (tertiary/aromatic N) is 1. The molecule has 1 rings (SSSR count). The first kappa shape index (κ1) is 37.5. The molecule has 1 aromatic carbocycles. The van der Waals surface area contributed by atoms with E-state index in [1.165, 1.54) is 6.92 Å². The van der Waals surface area contributed by atoms with Crippen LogP contribution in [0.4, 0.5) is 0 Å². The fourth-order valence-corrected chi connectivity index (χ4v) is 4.22. The van der Waals surface area contributed by atoms with Crippen LogP contribution in [0, 0.1) is 5.92 Å². The molecule has 0 aliphatic carbocycles. The SMILES string of the molecule is CCCC[C@H](NC(=O)[C@@H](N)CCCN=C(N)N)C(=O)N[C@@H](CC(=O)O)C(=O)N[C@@H](C)C(=O)C[C@H](Cc1ccccc1)C(=O)O. The number of carboxylic acids is 2. The van der Waals surface area contributed by atoms with Gasteiger partial charge in [0.05, 0.1) is 24.4 Å². The Balaban J connectivity index is 2.89. The summed E-state index contributed by atoms with van der Waals surface area (Å²) in [7, 11) is 0. The maximum atomic E-state index is 13.1. The van der Waals surface area contributed by atoms with Crippen LogP contribution in [0.1, 0.15) is 64.4 Å². The monoisotopic (exact) mass is 619 g/mol. The van der Waals surface area contributed by atoms with Crippen molar-refractivity contribution in [2.24, 2.45) is 28.1 Å². The number of aliphatic imine (C=N–C) groups is 1. The van der Waals surface area contributed by atoms with E-state index in [1.807, 2.05) is 6.92 Å². The van der Waals surface area contributed by atoms with Crippen LogP contribution in [0.5, 0.6) is 0 Å². The van der Waals surface area contributed by atoms with Gasteiger partial charge in [-0.2, -0.15) is 0 Å². The number of unbranched alkanes of at least 4 members (excludes halogenated alkanes) is 1. The molecular formula is C29H45N7O8. The van der Waals surface area contributed by atoms with Gasteiger partial charge in [-0.1, -0.05) is 50.1 Å². The molecule has 0 radical (unpaired) electrons. The highest BCUT2D eigenvalue weighted by Gasteiger charge is 2.31. The van der Waals surface area contributed by atoms with E-state index in [0.29, 0.717) is 19.3 Å². The summed E-state index contributed by atoms with van der Waals surface area (Å²) in [4.78, 5) is 78.7. The van der Waals surface area contributed by atoms with E-state index in [-0.39, 0.29) is 38.2 Å². The Morgan fingerprint density at radius 3 is 2.02 bits per heavy atom. The van der Waals surface area contributed by atoms with Crippen molar-refractivity contribution in [1.82, 2.24) is 16.0 Å². The van der Waals surface area contributed by atoms with Crippen LogP contribution in [0.2, 0.25) is 0 Å². The summed E-state index contributed by atoms with van der Waals surface area (Å²) in [5, 5.41) is 26.3. The average molecular weight is 620 g/mol. The first-order valence-corrected chi connectivity index (χ1v) is 14.5. The fourth-order valence-electron chi connectivity index (χ4n) is 4.22. The lowest BCUT2D eigenvalue weighted by Gasteiger charge is -2.24. The number of hydrogen-bond acceptors (Lipinski definition) is 8. The average Bonchev–Trinajstić information content (AvgIpc) is 2.96. The van der Waals surface area contributed by atoms with Crippen molar-refractivity contribution in [3.05, 3.63) is 35.9 Å². The van der Waals surface area contributed by atoms with Gasteiger partial charge >= 0.3 is 11.9 Å².